The molecule has 0 fully saturated rings. The summed E-state index contributed by atoms with van der Waals surface area (Å²) in [7, 11) is 1.92. The number of hydrogen-bond acceptors (Lipinski definition) is 3. The molecular formula is C15H21N3O. The van der Waals surface area contributed by atoms with E-state index in [4.69, 9.17) is 4.74 Å². The molecule has 4 heteroatoms. The van der Waals surface area contributed by atoms with Gasteiger partial charge in [0.2, 0.25) is 0 Å². The normalized spacial score (nSPS) is 10.6. The number of unbranched alkanes of at least 4 members (excludes halogenated alkanes) is 1. The Balaban J connectivity index is 2.17. The van der Waals surface area contributed by atoms with E-state index in [1.165, 1.54) is 0 Å². The quantitative estimate of drug-likeness (QED) is 0.752. The molecule has 0 atom stereocenters. The molecule has 1 heterocycles. The first-order valence-electron chi connectivity index (χ1n) is 6.76. The van der Waals surface area contributed by atoms with Crippen LogP contribution in [-0.2, 0) is 6.54 Å². The minimum atomic E-state index is 0.751. The third-order valence-electron chi connectivity index (χ3n) is 2.92. The molecule has 4 nitrogen and oxygen atoms in total. The summed E-state index contributed by atoms with van der Waals surface area (Å²) in [6, 6.07) is 10.1. The zero-order valence-corrected chi connectivity index (χ0v) is 11.6. The maximum Gasteiger partial charge on any atom is 0.128 e. The van der Waals surface area contributed by atoms with Crippen LogP contribution in [0.25, 0.3) is 11.3 Å². The van der Waals surface area contributed by atoms with Gasteiger partial charge in [0.05, 0.1) is 12.3 Å². The lowest BCUT2D eigenvalue weighted by molar-refractivity contribution is 0.310. The van der Waals surface area contributed by atoms with Crippen molar-refractivity contribution in [1.29, 1.82) is 0 Å². The number of aromatic amines is 1. The van der Waals surface area contributed by atoms with Crippen LogP contribution in [0.2, 0.25) is 0 Å². The molecule has 0 amide bonds. The number of nitrogens with zero attached hydrogens (tertiary/aromatic N) is 1. The number of benzene rings is 1. The Kier molecular flexibility index (Phi) is 4.98. The number of nitrogens with one attached hydrogen (secondary N) is 2. The van der Waals surface area contributed by atoms with E-state index in [0.717, 1.165) is 48.7 Å². The molecular weight excluding hydrogens is 238 g/mol. The first-order valence-corrected chi connectivity index (χ1v) is 6.76. The fraction of sp³-hybridized carbons (Fsp3) is 0.400. The molecule has 1 aromatic carbocycles. The van der Waals surface area contributed by atoms with E-state index < -0.39 is 0 Å². The maximum atomic E-state index is 5.83. The third-order valence-corrected chi connectivity index (χ3v) is 2.92. The fourth-order valence-corrected chi connectivity index (χ4v) is 1.91. The van der Waals surface area contributed by atoms with Gasteiger partial charge in [-0.05, 0) is 31.7 Å². The Bertz CT molecular complexity index is 508. The number of para-hydroxylation sites is 1. The second-order valence-corrected chi connectivity index (χ2v) is 4.51. The molecule has 0 aliphatic rings. The second kappa shape index (κ2) is 6.95. The van der Waals surface area contributed by atoms with Crippen LogP contribution in [0, 0.1) is 0 Å². The predicted octanol–water partition coefficient (Wildman–Crippen LogP) is 2.98. The van der Waals surface area contributed by atoms with Crippen molar-refractivity contribution in [3.05, 3.63) is 36.0 Å². The van der Waals surface area contributed by atoms with Crippen LogP contribution in [0.3, 0.4) is 0 Å². The van der Waals surface area contributed by atoms with E-state index in [-0.39, 0.29) is 0 Å². The highest BCUT2D eigenvalue weighted by Gasteiger charge is 2.09. The minimum Gasteiger partial charge on any atom is -0.493 e. The zero-order valence-electron chi connectivity index (χ0n) is 11.6. The maximum absolute atomic E-state index is 5.83. The minimum absolute atomic E-state index is 0.751. The lowest BCUT2D eigenvalue weighted by atomic mass is 10.1. The number of rotatable bonds is 7. The molecule has 0 radical (unpaired) electrons. The van der Waals surface area contributed by atoms with Crippen molar-refractivity contribution in [3.63, 3.8) is 0 Å². The fourth-order valence-electron chi connectivity index (χ4n) is 1.91. The van der Waals surface area contributed by atoms with Gasteiger partial charge in [0.25, 0.3) is 0 Å². The van der Waals surface area contributed by atoms with Gasteiger partial charge >= 0.3 is 0 Å². The van der Waals surface area contributed by atoms with Gasteiger partial charge < -0.3 is 10.1 Å². The molecule has 102 valence electrons. The van der Waals surface area contributed by atoms with Gasteiger partial charge in [-0.25, -0.2) is 0 Å². The number of aromatic nitrogens is 2. The SMILES string of the molecule is CCCCOc1ccccc1-c1cc(CNC)[nH]n1. The zero-order chi connectivity index (χ0) is 13.5. The molecule has 0 saturated heterocycles. The average molecular weight is 259 g/mol. The van der Waals surface area contributed by atoms with Gasteiger partial charge in [-0.3, -0.25) is 5.10 Å². The van der Waals surface area contributed by atoms with Crippen LogP contribution in [0.1, 0.15) is 25.5 Å². The molecule has 0 aliphatic carbocycles. The molecule has 1 aromatic heterocycles. The van der Waals surface area contributed by atoms with Crippen molar-refractivity contribution < 1.29 is 4.74 Å². The number of hydrogen-bond donors (Lipinski definition) is 2. The Labute approximate surface area is 114 Å². The van der Waals surface area contributed by atoms with Crippen LogP contribution in [0.15, 0.2) is 30.3 Å². The predicted molar refractivity (Wildman–Crippen MR) is 77.2 cm³/mol. The monoisotopic (exact) mass is 259 g/mol. The summed E-state index contributed by atoms with van der Waals surface area (Å²) in [5.41, 5.74) is 3.04. The number of ether oxygens (including phenoxy) is 1. The van der Waals surface area contributed by atoms with Gasteiger partial charge in [-0.15, -0.1) is 0 Å². The van der Waals surface area contributed by atoms with Crippen LogP contribution >= 0.6 is 0 Å². The van der Waals surface area contributed by atoms with E-state index in [1.54, 1.807) is 0 Å². The summed E-state index contributed by atoms with van der Waals surface area (Å²) >= 11 is 0. The van der Waals surface area contributed by atoms with Crippen molar-refractivity contribution in [2.75, 3.05) is 13.7 Å². The molecule has 2 aromatic rings. The second-order valence-electron chi connectivity index (χ2n) is 4.51. The molecule has 0 saturated carbocycles. The third kappa shape index (κ3) is 3.58. The molecule has 2 rings (SSSR count). The summed E-state index contributed by atoms with van der Waals surface area (Å²) in [5, 5.41) is 10.5. The van der Waals surface area contributed by atoms with Gasteiger partial charge in [0.1, 0.15) is 5.75 Å². The summed E-state index contributed by atoms with van der Waals surface area (Å²) < 4.78 is 5.83. The highest BCUT2D eigenvalue weighted by Crippen LogP contribution is 2.28. The first-order chi connectivity index (χ1) is 9.35. The first kappa shape index (κ1) is 13.6. The van der Waals surface area contributed by atoms with E-state index in [9.17, 15) is 0 Å². The highest BCUT2D eigenvalue weighted by molar-refractivity contribution is 5.67. The summed E-state index contributed by atoms with van der Waals surface area (Å²) in [5.74, 6) is 0.901. The molecule has 0 unspecified atom stereocenters. The largest absolute Gasteiger partial charge is 0.493 e. The lowest BCUT2D eigenvalue weighted by Crippen LogP contribution is -2.04. The Hall–Kier alpha value is -1.81. The Morgan fingerprint density at radius 2 is 2.16 bits per heavy atom. The van der Waals surface area contributed by atoms with Gasteiger partial charge in [0, 0.05) is 17.8 Å². The van der Waals surface area contributed by atoms with Crippen molar-refractivity contribution in [2.45, 2.75) is 26.3 Å². The van der Waals surface area contributed by atoms with Crippen LogP contribution in [0.5, 0.6) is 5.75 Å². The van der Waals surface area contributed by atoms with E-state index >= 15 is 0 Å². The molecule has 2 N–H and O–H groups in total. The smallest absolute Gasteiger partial charge is 0.128 e. The molecule has 0 aliphatic heterocycles. The Morgan fingerprint density at radius 1 is 1.32 bits per heavy atom. The van der Waals surface area contributed by atoms with Gasteiger partial charge in [-0.1, -0.05) is 25.5 Å². The summed E-state index contributed by atoms with van der Waals surface area (Å²) in [6.07, 6.45) is 2.21. The number of H-pyrrole nitrogens is 1. The van der Waals surface area contributed by atoms with E-state index in [0.29, 0.717) is 0 Å². The van der Waals surface area contributed by atoms with Crippen molar-refractivity contribution in [2.24, 2.45) is 0 Å². The van der Waals surface area contributed by atoms with Crippen molar-refractivity contribution in [1.82, 2.24) is 15.5 Å². The van der Waals surface area contributed by atoms with Crippen molar-refractivity contribution >= 4 is 0 Å². The molecule has 0 bridgehead atoms. The summed E-state index contributed by atoms with van der Waals surface area (Å²) in [6.45, 7) is 3.69. The average Bonchev–Trinajstić information content (AvgIpc) is 2.89. The molecule has 0 spiro atoms. The standard InChI is InChI=1S/C15H21N3O/c1-3-4-9-19-15-8-6-5-7-13(15)14-10-12(11-16-2)17-18-14/h5-8,10,16H,3-4,9,11H2,1-2H3,(H,17,18). The van der Waals surface area contributed by atoms with E-state index in [1.807, 2.05) is 31.3 Å². The highest BCUT2D eigenvalue weighted by atomic mass is 16.5. The van der Waals surface area contributed by atoms with Gasteiger partial charge in [-0.2, -0.15) is 5.10 Å². The van der Waals surface area contributed by atoms with Crippen molar-refractivity contribution in [3.8, 4) is 17.0 Å². The Morgan fingerprint density at radius 3 is 2.95 bits per heavy atom. The van der Waals surface area contributed by atoms with Gasteiger partial charge in [0.15, 0.2) is 0 Å². The summed E-state index contributed by atoms with van der Waals surface area (Å²) in [4.78, 5) is 0. The topological polar surface area (TPSA) is 49.9 Å². The van der Waals surface area contributed by atoms with Crippen LogP contribution in [-0.4, -0.2) is 23.9 Å². The molecule has 19 heavy (non-hydrogen) atoms. The van der Waals surface area contributed by atoms with Crippen LogP contribution < -0.4 is 10.1 Å². The van der Waals surface area contributed by atoms with Crippen LogP contribution in [0.4, 0.5) is 0 Å². The van der Waals surface area contributed by atoms with E-state index in [2.05, 4.69) is 28.5 Å². The lowest BCUT2D eigenvalue weighted by Gasteiger charge is -2.09.